The van der Waals surface area contributed by atoms with Crippen LogP contribution in [0.25, 0.3) is 0 Å². The Kier molecular flexibility index (Phi) is 4.91. The highest BCUT2D eigenvalue weighted by atomic mass is 19.1. The molecule has 0 radical (unpaired) electrons. The van der Waals surface area contributed by atoms with E-state index < -0.39 is 0 Å². The molecule has 3 rings (SSSR count). The zero-order valence-electron chi connectivity index (χ0n) is 12.9. The molecular formula is C18H27FN2. The second-order valence-electron chi connectivity index (χ2n) is 6.62. The molecule has 1 heterocycles. The Morgan fingerprint density at radius 2 is 1.90 bits per heavy atom. The van der Waals surface area contributed by atoms with Crippen molar-refractivity contribution >= 4 is 0 Å². The average molecular weight is 290 g/mol. The van der Waals surface area contributed by atoms with E-state index in [-0.39, 0.29) is 6.67 Å². The SMILES string of the molecule is FCCCN1CC(c2ccccc2)NCC12CCCCC2. The van der Waals surface area contributed by atoms with E-state index in [2.05, 4.69) is 40.5 Å². The number of alkyl halides is 1. The molecule has 1 aromatic rings. The fourth-order valence-corrected chi connectivity index (χ4v) is 4.09. The van der Waals surface area contributed by atoms with Crippen LogP contribution in [0.1, 0.15) is 50.1 Å². The van der Waals surface area contributed by atoms with Gasteiger partial charge in [-0.15, -0.1) is 0 Å². The maximum Gasteiger partial charge on any atom is 0.0906 e. The molecule has 0 amide bonds. The highest BCUT2D eigenvalue weighted by Gasteiger charge is 2.41. The molecule has 3 heteroatoms. The second-order valence-corrected chi connectivity index (χ2v) is 6.62. The molecule has 1 saturated heterocycles. The Hall–Kier alpha value is -0.930. The van der Waals surface area contributed by atoms with Crippen molar-refractivity contribution in [3.63, 3.8) is 0 Å². The van der Waals surface area contributed by atoms with Gasteiger partial charge >= 0.3 is 0 Å². The number of benzene rings is 1. The van der Waals surface area contributed by atoms with Gasteiger partial charge in [-0.1, -0.05) is 49.6 Å². The van der Waals surface area contributed by atoms with Gasteiger partial charge in [-0.3, -0.25) is 9.29 Å². The Balaban J connectivity index is 1.74. The van der Waals surface area contributed by atoms with E-state index in [0.29, 0.717) is 18.0 Å². The molecule has 0 bridgehead atoms. The quantitative estimate of drug-likeness (QED) is 0.909. The lowest BCUT2D eigenvalue weighted by atomic mass is 9.78. The van der Waals surface area contributed by atoms with Crippen molar-refractivity contribution < 1.29 is 4.39 Å². The highest BCUT2D eigenvalue weighted by molar-refractivity contribution is 5.21. The fourth-order valence-electron chi connectivity index (χ4n) is 4.09. The van der Waals surface area contributed by atoms with Crippen LogP contribution in [0, 0.1) is 0 Å². The summed E-state index contributed by atoms with van der Waals surface area (Å²) in [4.78, 5) is 2.60. The van der Waals surface area contributed by atoms with Gasteiger partial charge in [0.25, 0.3) is 0 Å². The molecule has 1 aliphatic carbocycles. The molecule has 1 saturated carbocycles. The van der Waals surface area contributed by atoms with Crippen molar-refractivity contribution in [1.82, 2.24) is 10.2 Å². The van der Waals surface area contributed by atoms with Gasteiger partial charge in [-0.2, -0.15) is 0 Å². The predicted molar refractivity (Wildman–Crippen MR) is 85.2 cm³/mol. The van der Waals surface area contributed by atoms with Crippen LogP contribution in [-0.2, 0) is 0 Å². The van der Waals surface area contributed by atoms with Crippen LogP contribution in [0.2, 0.25) is 0 Å². The van der Waals surface area contributed by atoms with Crippen LogP contribution in [0.3, 0.4) is 0 Å². The molecule has 1 aromatic carbocycles. The van der Waals surface area contributed by atoms with E-state index >= 15 is 0 Å². The van der Waals surface area contributed by atoms with Crippen molar-refractivity contribution in [1.29, 1.82) is 0 Å². The summed E-state index contributed by atoms with van der Waals surface area (Å²) in [5, 5.41) is 3.77. The number of rotatable bonds is 4. The Morgan fingerprint density at radius 1 is 1.14 bits per heavy atom. The topological polar surface area (TPSA) is 15.3 Å². The summed E-state index contributed by atoms with van der Waals surface area (Å²) < 4.78 is 12.7. The van der Waals surface area contributed by atoms with Crippen molar-refractivity contribution in [2.24, 2.45) is 0 Å². The monoisotopic (exact) mass is 290 g/mol. The maximum atomic E-state index is 12.7. The van der Waals surface area contributed by atoms with Gasteiger partial charge in [-0.25, -0.2) is 0 Å². The van der Waals surface area contributed by atoms with Gasteiger partial charge in [0, 0.05) is 31.2 Å². The molecule has 1 atom stereocenters. The van der Waals surface area contributed by atoms with E-state index in [1.165, 1.54) is 37.7 Å². The first-order valence-corrected chi connectivity index (χ1v) is 8.43. The largest absolute Gasteiger partial charge is 0.307 e. The van der Waals surface area contributed by atoms with Gasteiger partial charge < -0.3 is 5.32 Å². The Labute approximate surface area is 127 Å². The molecular weight excluding hydrogens is 263 g/mol. The first kappa shape index (κ1) is 15.0. The second kappa shape index (κ2) is 6.89. The number of hydrogen-bond donors (Lipinski definition) is 1. The van der Waals surface area contributed by atoms with E-state index in [1.54, 1.807) is 0 Å². The van der Waals surface area contributed by atoms with Crippen molar-refractivity contribution in [3.8, 4) is 0 Å². The summed E-state index contributed by atoms with van der Waals surface area (Å²) in [6.07, 6.45) is 7.22. The summed E-state index contributed by atoms with van der Waals surface area (Å²) in [7, 11) is 0. The molecule has 1 unspecified atom stereocenters. The van der Waals surface area contributed by atoms with Crippen molar-refractivity contribution in [3.05, 3.63) is 35.9 Å². The molecule has 2 nitrogen and oxygen atoms in total. The standard InChI is InChI=1S/C18H27FN2/c19-12-7-13-21-14-17(16-8-3-1-4-9-16)20-15-18(21)10-5-2-6-11-18/h1,3-4,8-9,17,20H,2,5-7,10-15H2. The number of nitrogens with one attached hydrogen (secondary N) is 1. The van der Waals surface area contributed by atoms with Crippen molar-refractivity contribution in [2.75, 3.05) is 26.3 Å². The molecule has 2 fully saturated rings. The van der Waals surface area contributed by atoms with Gasteiger partial charge in [-0.05, 0) is 24.8 Å². The van der Waals surface area contributed by atoms with Crippen LogP contribution in [0.4, 0.5) is 4.39 Å². The first-order chi connectivity index (χ1) is 10.3. The Bertz CT molecular complexity index is 428. The predicted octanol–water partition coefficient (Wildman–Crippen LogP) is 3.70. The third kappa shape index (κ3) is 3.29. The first-order valence-electron chi connectivity index (χ1n) is 8.43. The van der Waals surface area contributed by atoms with Crippen LogP contribution >= 0.6 is 0 Å². The Morgan fingerprint density at radius 3 is 2.62 bits per heavy atom. The van der Waals surface area contributed by atoms with E-state index in [1.807, 2.05) is 0 Å². The molecule has 2 aliphatic rings. The van der Waals surface area contributed by atoms with Gasteiger partial charge in [0.05, 0.1) is 6.67 Å². The van der Waals surface area contributed by atoms with Crippen LogP contribution < -0.4 is 5.32 Å². The van der Waals surface area contributed by atoms with Crippen LogP contribution in [0.5, 0.6) is 0 Å². The molecule has 1 N–H and O–H groups in total. The zero-order chi connectivity index (χ0) is 14.5. The minimum atomic E-state index is -0.198. The number of hydrogen-bond acceptors (Lipinski definition) is 2. The van der Waals surface area contributed by atoms with E-state index in [9.17, 15) is 4.39 Å². The van der Waals surface area contributed by atoms with Gasteiger partial charge in [0.1, 0.15) is 0 Å². The van der Waals surface area contributed by atoms with Gasteiger partial charge in [0.15, 0.2) is 0 Å². The summed E-state index contributed by atoms with van der Waals surface area (Å²) in [5.74, 6) is 0. The van der Waals surface area contributed by atoms with E-state index in [0.717, 1.165) is 19.6 Å². The third-order valence-corrected chi connectivity index (χ3v) is 5.30. The molecule has 1 aliphatic heterocycles. The highest BCUT2D eigenvalue weighted by Crippen LogP contribution is 2.37. The smallest absolute Gasteiger partial charge is 0.0906 e. The lowest BCUT2D eigenvalue weighted by Gasteiger charge is -2.52. The van der Waals surface area contributed by atoms with Crippen molar-refractivity contribution in [2.45, 2.75) is 50.1 Å². The normalized spacial score (nSPS) is 26.0. The summed E-state index contributed by atoms with van der Waals surface area (Å²) in [5.41, 5.74) is 1.65. The molecule has 1 spiro atoms. The molecule has 21 heavy (non-hydrogen) atoms. The summed E-state index contributed by atoms with van der Waals surface area (Å²) in [6, 6.07) is 11.1. The summed E-state index contributed by atoms with van der Waals surface area (Å²) >= 11 is 0. The number of nitrogens with zero attached hydrogens (tertiary/aromatic N) is 1. The lowest BCUT2D eigenvalue weighted by molar-refractivity contribution is 0.00762. The minimum absolute atomic E-state index is 0.198. The lowest BCUT2D eigenvalue weighted by Crippen LogP contribution is -2.62. The molecule has 116 valence electrons. The molecule has 0 aromatic heterocycles. The average Bonchev–Trinajstić information content (AvgIpc) is 2.56. The summed E-state index contributed by atoms with van der Waals surface area (Å²) in [6.45, 7) is 2.78. The number of piperazine rings is 1. The zero-order valence-corrected chi connectivity index (χ0v) is 12.9. The third-order valence-electron chi connectivity index (χ3n) is 5.30. The minimum Gasteiger partial charge on any atom is -0.307 e. The van der Waals surface area contributed by atoms with Gasteiger partial charge in [0.2, 0.25) is 0 Å². The van der Waals surface area contributed by atoms with Crippen LogP contribution in [0.15, 0.2) is 30.3 Å². The fraction of sp³-hybridized carbons (Fsp3) is 0.667. The maximum absolute atomic E-state index is 12.7. The van der Waals surface area contributed by atoms with Crippen LogP contribution in [-0.4, -0.2) is 36.7 Å². The number of halogens is 1. The van der Waals surface area contributed by atoms with E-state index in [4.69, 9.17) is 0 Å².